The van der Waals surface area contributed by atoms with Crippen molar-refractivity contribution in [1.82, 2.24) is 10.2 Å². The lowest BCUT2D eigenvalue weighted by Crippen LogP contribution is -2.53. The van der Waals surface area contributed by atoms with Crippen LogP contribution in [0, 0.1) is 5.92 Å². The smallest absolute Gasteiger partial charge is 0.534 e. The quantitative estimate of drug-likeness (QED) is 0.673. The minimum absolute atomic E-state index is 0.0222. The third-order valence-corrected chi connectivity index (χ3v) is 5.72. The van der Waals surface area contributed by atoms with Crippen LogP contribution in [0.5, 0.6) is 5.75 Å². The van der Waals surface area contributed by atoms with E-state index in [0.717, 1.165) is 25.7 Å². The zero-order chi connectivity index (χ0) is 19.6. The molecule has 1 atom stereocenters. The van der Waals surface area contributed by atoms with Crippen LogP contribution < -0.4 is 9.97 Å². The van der Waals surface area contributed by atoms with E-state index in [2.05, 4.69) is 24.3 Å². The van der Waals surface area contributed by atoms with E-state index in [4.69, 9.17) is 4.65 Å². The van der Waals surface area contributed by atoms with Crippen molar-refractivity contribution in [3.05, 3.63) is 29.3 Å². The van der Waals surface area contributed by atoms with E-state index in [0.29, 0.717) is 30.4 Å². The van der Waals surface area contributed by atoms with Gasteiger partial charge >= 0.3 is 13.1 Å². The molecular weight excluding hydrogens is 347 g/mol. The van der Waals surface area contributed by atoms with E-state index in [1.807, 2.05) is 0 Å². The Balaban J connectivity index is 1.56. The van der Waals surface area contributed by atoms with Gasteiger partial charge in [-0.15, -0.1) is 0 Å². The fourth-order valence-corrected chi connectivity index (χ4v) is 4.11. The van der Waals surface area contributed by atoms with Gasteiger partial charge in [0.15, 0.2) is 0 Å². The molecule has 0 saturated heterocycles. The van der Waals surface area contributed by atoms with Crippen LogP contribution in [0.3, 0.4) is 0 Å². The molecule has 8 heteroatoms. The van der Waals surface area contributed by atoms with Crippen molar-refractivity contribution in [2.75, 3.05) is 14.1 Å². The maximum absolute atomic E-state index is 12.4. The van der Waals surface area contributed by atoms with Gasteiger partial charge in [-0.2, -0.15) is 0 Å². The number of carboxylic acids is 1. The van der Waals surface area contributed by atoms with Crippen molar-refractivity contribution in [2.24, 2.45) is 5.92 Å². The van der Waals surface area contributed by atoms with E-state index in [9.17, 15) is 19.7 Å². The molecular formula is C19H27BN2O5. The monoisotopic (exact) mass is 374 g/mol. The molecule has 1 amide bonds. The number of benzene rings is 1. The van der Waals surface area contributed by atoms with Gasteiger partial charge < -0.3 is 25.0 Å². The van der Waals surface area contributed by atoms with Crippen LogP contribution in [0.2, 0.25) is 0 Å². The molecule has 1 aliphatic carbocycles. The standard InChI is InChI=1S/C19H27BN2O5/c1-22(2)14-8-6-12(7-9-14)10-17(23)21-16-11-13-4-3-5-15(19(24)25)18(13)27-20(16)26/h3-5,12,14,16,26H,6-11H2,1-2H3,(H,21,23)(H,24,25)/t12?,14?,16-/m0/s1. The molecule has 0 spiro atoms. The summed E-state index contributed by atoms with van der Waals surface area (Å²) in [4.78, 5) is 26.0. The molecule has 2 aliphatic rings. The Labute approximate surface area is 159 Å². The van der Waals surface area contributed by atoms with E-state index >= 15 is 0 Å². The van der Waals surface area contributed by atoms with Crippen molar-refractivity contribution >= 4 is 19.0 Å². The van der Waals surface area contributed by atoms with Gasteiger partial charge in [0.05, 0.1) is 11.5 Å². The fraction of sp³-hybridized carbons (Fsp3) is 0.579. The summed E-state index contributed by atoms with van der Waals surface area (Å²) in [5.41, 5.74) is 0.700. The maximum Gasteiger partial charge on any atom is 0.547 e. The zero-order valence-corrected chi connectivity index (χ0v) is 15.9. The van der Waals surface area contributed by atoms with Crippen LogP contribution in [0.1, 0.15) is 48.0 Å². The highest BCUT2D eigenvalue weighted by Crippen LogP contribution is 2.31. The second-order valence-electron chi connectivity index (χ2n) is 7.83. The van der Waals surface area contributed by atoms with Crippen LogP contribution in [0.4, 0.5) is 0 Å². The number of carbonyl (C=O) groups is 2. The molecule has 1 saturated carbocycles. The van der Waals surface area contributed by atoms with Gasteiger partial charge in [-0.1, -0.05) is 12.1 Å². The van der Waals surface area contributed by atoms with Crippen molar-refractivity contribution in [3.63, 3.8) is 0 Å². The van der Waals surface area contributed by atoms with Crippen LogP contribution in [-0.4, -0.2) is 60.1 Å². The first-order valence-corrected chi connectivity index (χ1v) is 9.51. The average molecular weight is 374 g/mol. The van der Waals surface area contributed by atoms with Crippen LogP contribution >= 0.6 is 0 Å². The number of fused-ring (bicyclic) bond motifs is 1. The Kier molecular flexibility index (Phi) is 6.06. The Morgan fingerprint density at radius 3 is 2.59 bits per heavy atom. The number of aromatic carboxylic acids is 1. The Bertz CT molecular complexity index is 703. The third kappa shape index (κ3) is 4.62. The van der Waals surface area contributed by atoms with Crippen LogP contribution in [0.15, 0.2) is 18.2 Å². The van der Waals surface area contributed by atoms with Gasteiger partial charge in [-0.25, -0.2) is 4.79 Å². The summed E-state index contributed by atoms with van der Waals surface area (Å²) in [5.74, 6) is -1.21. The van der Waals surface area contributed by atoms with Crippen molar-refractivity contribution < 1.29 is 24.4 Å². The summed E-state index contributed by atoms with van der Waals surface area (Å²) in [7, 11) is 2.93. The molecule has 146 valence electrons. The van der Waals surface area contributed by atoms with Crippen molar-refractivity contribution in [1.29, 1.82) is 0 Å². The molecule has 0 aromatic heterocycles. The van der Waals surface area contributed by atoms with Gasteiger partial charge in [0, 0.05) is 12.5 Å². The summed E-state index contributed by atoms with van der Waals surface area (Å²) in [6.45, 7) is 0. The normalized spacial score (nSPS) is 24.9. The second kappa shape index (κ2) is 8.31. The van der Waals surface area contributed by atoms with Gasteiger partial charge in [-0.3, -0.25) is 4.79 Å². The summed E-state index contributed by atoms with van der Waals surface area (Å²) in [5, 5.41) is 22.3. The summed E-state index contributed by atoms with van der Waals surface area (Å²) in [6.07, 6.45) is 5.06. The Morgan fingerprint density at radius 1 is 1.26 bits per heavy atom. The van der Waals surface area contributed by atoms with Crippen LogP contribution in [-0.2, 0) is 11.2 Å². The first kappa shape index (κ1) is 19.7. The first-order chi connectivity index (χ1) is 12.8. The molecule has 1 aliphatic heterocycles. The van der Waals surface area contributed by atoms with E-state index in [-0.39, 0.29) is 17.2 Å². The molecule has 1 aromatic rings. The van der Waals surface area contributed by atoms with Gasteiger partial charge in [-0.05, 0) is 63.7 Å². The topological polar surface area (TPSA) is 99.1 Å². The number of rotatable bonds is 5. The molecule has 7 nitrogen and oxygen atoms in total. The minimum atomic E-state index is -1.26. The molecule has 0 unspecified atom stereocenters. The Hall–Kier alpha value is -2.06. The molecule has 27 heavy (non-hydrogen) atoms. The molecule has 3 rings (SSSR count). The minimum Gasteiger partial charge on any atom is -0.534 e. The molecule has 0 bridgehead atoms. The lowest BCUT2D eigenvalue weighted by molar-refractivity contribution is -0.122. The van der Waals surface area contributed by atoms with Gasteiger partial charge in [0.25, 0.3) is 0 Å². The number of para-hydroxylation sites is 1. The second-order valence-corrected chi connectivity index (χ2v) is 7.83. The highest BCUT2D eigenvalue weighted by molar-refractivity contribution is 6.47. The number of amides is 1. The number of carboxylic acid groups (broad SMARTS) is 1. The van der Waals surface area contributed by atoms with Crippen molar-refractivity contribution in [3.8, 4) is 5.75 Å². The van der Waals surface area contributed by atoms with E-state index in [1.165, 1.54) is 6.07 Å². The molecule has 3 N–H and O–H groups in total. The van der Waals surface area contributed by atoms with Crippen LogP contribution in [0.25, 0.3) is 0 Å². The van der Waals surface area contributed by atoms with Gasteiger partial charge in [0.1, 0.15) is 5.75 Å². The predicted molar refractivity (Wildman–Crippen MR) is 102 cm³/mol. The zero-order valence-electron chi connectivity index (χ0n) is 15.9. The number of carbonyl (C=O) groups excluding carboxylic acids is 1. The SMILES string of the molecule is CN(C)C1CCC(CC(=O)N[C@H]2Cc3cccc(C(=O)O)c3OB2O)CC1. The molecule has 1 heterocycles. The predicted octanol–water partition coefficient (Wildman–Crippen LogP) is 1.33. The fourth-order valence-electron chi connectivity index (χ4n) is 4.11. The summed E-state index contributed by atoms with van der Waals surface area (Å²) < 4.78 is 5.42. The summed E-state index contributed by atoms with van der Waals surface area (Å²) >= 11 is 0. The average Bonchev–Trinajstić information content (AvgIpc) is 2.62. The summed E-state index contributed by atoms with van der Waals surface area (Å²) in [6, 6.07) is 5.44. The highest BCUT2D eigenvalue weighted by atomic mass is 16.5. The lowest BCUT2D eigenvalue weighted by atomic mass is 9.72. The lowest BCUT2D eigenvalue weighted by Gasteiger charge is -2.33. The van der Waals surface area contributed by atoms with Crippen molar-refractivity contribution in [2.45, 2.75) is 50.5 Å². The van der Waals surface area contributed by atoms with Gasteiger partial charge in [0.2, 0.25) is 5.91 Å². The van der Waals surface area contributed by atoms with E-state index < -0.39 is 19.0 Å². The Morgan fingerprint density at radius 2 is 1.96 bits per heavy atom. The third-order valence-electron chi connectivity index (χ3n) is 5.72. The molecule has 1 aromatic carbocycles. The first-order valence-electron chi connectivity index (χ1n) is 9.51. The number of nitrogens with one attached hydrogen (secondary N) is 1. The largest absolute Gasteiger partial charge is 0.547 e. The molecule has 1 fully saturated rings. The molecule has 0 radical (unpaired) electrons. The maximum atomic E-state index is 12.4. The van der Waals surface area contributed by atoms with E-state index in [1.54, 1.807) is 12.1 Å². The number of nitrogens with zero attached hydrogens (tertiary/aromatic N) is 1. The number of hydrogen-bond acceptors (Lipinski definition) is 5. The number of hydrogen-bond donors (Lipinski definition) is 3. The highest BCUT2D eigenvalue weighted by Gasteiger charge is 2.38.